The molecule has 0 radical (unpaired) electrons. The molecule has 1 unspecified atom stereocenters. The van der Waals surface area contributed by atoms with Gasteiger partial charge < -0.3 is 15.4 Å². The molecule has 0 aromatic carbocycles. The van der Waals surface area contributed by atoms with E-state index in [9.17, 15) is 13.2 Å². The molecule has 14 heavy (non-hydrogen) atoms. The summed E-state index contributed by atoms with van der Waals surface area (Å²) in [6, 6.07) is 0. The van der Waals surface area contributed by atoms with Crippen LogP contribution in [-0.2, 0) is 6.54 Å². The van der Waals surface area contributed by atoms with Crippen molar-refractivity contribution in [3.8, 4) is 0 Å². The molecule has 0 aliphatic rings. The lowest BCUT2D eigenvalue weighted by atomic mass is 10.3. The Morgan fingerprint density at radius 2 is 2.21 bits per heavy atom. The maximum absolute atomic E-state index is 11.9. The average molecular weight is 209 g/mol. The molecule has 0 aliphatic heterocycles. The fraction of sp³-hybridized carbons (Fsp3) is 0.571. The summed E-state index contributed by atoms with van der Waals surface area (Å²) < 4.78 is 36.5. The minimum absolute atomic E-state index is 0.0664. The van der Waals surface area contributed by atoms with E-state index in [0.29, 0.717) is 0 Å². The zero-order chi connectivity index (χ0) is 10.8. The number of halogens is 3. The van der Waals surface area contributed by atoms with Crippen LogP contribution in [0.15, 0.2) is 12.5 Å². The van der Waals surface area contributed by atoms with Gasteiger partial charge in [-0.15, -0.1) is 0 Å². The van der Waals surface area contributed by atoms with Crippen LogP contribution >= 0.6 is 0 Å². The number of aliphatic hydroxyl groups excluding tert-OH is 1. The van der Waals surface area contributed by atoms with Gasteiger partial charge in [0.15, 0.2) is 0 Å². The summed E-state index contributed by atoms with van der Waals surface area (Å²) in [4.78, 5) is 3.60. The minimum Gasteiger partial charge on any atom is -0.385 e. The maximum atomic E-state index is 11.9. The maximum Gasteiger partial charge on any atom is 0.406 e. The quantitative estimate of drug-likeness (QED) is 0.759. The summed E-state index contributed by atoms with van der Waals surface area (Å²) in [5, 5.41) is 9.16. The molecule has 0 fully saturated rings. The highest BCUT2D eigenvalue weighted by atomic mass is 19.4. The van der Waals surface area contributed by atoms with E-state index in [2.05, 4.69) is 4.98 Å². The van der Waals surface area contributed by atoms with E-state index >= 15 is 0 Å². The number of nitrogens with zero attached hydrogens (tertiary/aromatic N) is 2. The van der Waals surface area contributed by atoms with Gasteiger partial charge in [-0.1, -0.05) is 0 Å². The van der Waals surface area contributed by atoms with Crippen LogP contribution in [0.25, 0.3) is 0 Å². The SMILES string of the molecule is NCC(O)c1cn(CC(F)(F)F)cn1. The second kappa shape index (κ2) is 3.97. The molecular weight excluding hydrogens is 199 g/mol. The van der Waals surface area contributed by atoms with Crippen LogP contribution in [0, 0.1) is 0 Å². The second-order valence-corrected chi connectivity index (χ2v) is 2.84. The minimum atomic E-state index is -4.29. The van der Waals surface area contributed by atoms with E-state index in [1.165, 1.54) is 0 Å². The monoisotopic (exact) mass is 209 g/mol. The first-order valence-corrected chi connectivity index (χ1v) is 3.89. The molecule has 0 spiro atoms. The van der Waals surface area contributed by atoms with Crippen LogP contribution in [-0.4, -0.2) is 27.4 Å². The van der Waals surface area contributed by atoms with Crippen LogP contribution < -0.4 is 5.73 Å². The van der Waals surface area contributed by atoms with Crippen LogP contribution in [0.5, 0.6) is 0 Å². The first kappa shape index (κ1) is 11.0. The molecule has 1 aromatic heterocycles. The predicted molar refractivity (Wildman–Crippen MR) is 42.3 cm³/mol. The molecule has 0 saturated heterocycles. The number of hydrogen-bond acceptors (Lipinski definition) is 3. The summed E-state index contributed by atoms with van der Waals surface area (Å²) in [7, 11) is 0. The molecule has 4 nitrogen and oxygen atoms in total. The highest BCUT2D eigenvalue weighted by Crippen LogP contribution is 2.18. The third-order valence-corrected chi connectivity index (χ3v) is 1.58. The van der Waals surface area contributed by atoms with Gasteiger partial charge in [-0.2, -0.15) is 13.2 Å². The van der Waals surface area contributed by atoms with Gasteiger partial charge in [-0.25, -0.2) is 4.98 Å². The van der Waals surface area contributed by atoms with Crippen molar-refractivity contribution in [2.75, 3.05) is 6.54 Å². The number of alkyl halides is 3. The van der Waals surface area contributed by atoms with Gasteiger partial charge in [0.1, 0.15) is 12.6 Å². The lowest BCUT2D eigenvalue weighted by Gasteiger charge is -2.06. The molecule has 0 bridgehead atoms. The number of rotatable bonds is 3. The third kappa shape index (κ3) is 3.00. The number of imidazole rings is 1. The molecule has 0 aliphatic carbocycles. The van der Waals surface area contributed by atoms with Crippen molar-refractivity contribution < 1.29 is 18.3 Å². The number of hydrogen-bond donors (Lipinski definition) is 2. The topological polar surface area (TPSA) is 64.1 Å². The summed E-state index contributed by atoms with van der Waals surface area (Å²) in [6.45, 7) is -1.18. The Kier molecular flexibility index (Phi) is 3.12. The smallest absolute Gasteiger partial charge is 0.385 e. The molecule has 1 heterocycles. The van der Waals surface area contributed by atoms with E-state index in [0.717, 1.165) is 17.1 Å². The van der Waals surface area contributed by atoms with Crippen molar-refractivity contribution in [2.45, 2.75) is 18.8 Å². The first-order valence-electron chi connectivity index (χ1n) is 3.89. The lowest BCUT2D eigenvalue weighted by molar-refractivity contribution is -0.140. The Hall–Kier alpha value is -1.08. The van der Waals surface area contributed by atoms with E-state index in [4.69, 9.17) is 10.8 Å². The van der Waals surface area contributed by atoms with E-state index < -0.39 is 18.8 Å². The van der Waals surface area contributed by atoms with Gasteiger partial charge in [0.2, 0.25) is 0 Å². The Morgan fingerprint density at radius 3 is 2.71 bits per heavy atom. The molecule has 3 N–H and O–H groups in total. The van der Waals surface area contributed by atoms with E-state index in [-0.39, 0.29) is 12.2 Å². The molecule has 1 aromatic rings. The fourth-order valence-electron chi connectivity index (χ4n) is 0.964. The number of aromatic nitrogens is 2. The fourth-order valence-corrected chi connectivity index (χ4v) is 0.964. The highest BCUT2D eigenvalue weighted by molar-refractivity contribution is 5.01. The summed E-state index contributed by atoms with van der Waals surface area (Å²) in [5.41, 5.74) is 5.27. The van der Waals surface area contributed by atoms with Crippen molar-refractivity contribution in [1.29, 1.82) is 0 Å². The lowest BCUT2D eigenvalue weighted by Crippen LogP contribution is -2.16. The Balaban J connectivity index is 2.69. The predicted octanol–water partition coefficient (Wildman–Crippen LogP) is 0.437. The molecular formula is C7H10F3N3O. The van der Waals surface area contributed by atoms with Gasteiger partial charge in [0.25, 0.3) is 0 Å². The standard InChI is InChI=1S/C7H10F3N3O/c8-7(9,10)3-13-2-5(12-4-13)6(14)1-11/h2,4,6,14H,1,3,11H2. The molecule has 80 valence electrons. The number of aliphatic hydroxyl groups is 1. The van der Waals surface area contributed by atoms with Crippen LogP contribution in [0.3, 0.4) is 0 Å². The van der Waals surface area contributed by atoms with Crippen LogP contribution in [0.1, 0.15) is 11.8 Å². The second-order valence-electron chi connectivity index (χ2n) is 2.84. The zero-order valence-electron chi connectivity index (χ0n) is 7.20. The van der Waals surface area contributed by atoms with Gasteiger partial charge in [0, 0.05) is 12.7 Å². The Morgan fingerprint density at radius 1 is 1.57 bits per heavy atom. The van der Waals surface area contributed by atoms with Crippen molar-refractivity contribution in [2.24, 2.45) is 5.73 Å². The summed E-state index contributed by atoms with van der Waals surface area (Å²) in [5.74, 6) is 0. The Labute approximate surface area is 78.2 Å². The average Bonchev–Trinajstić information content (AvgIpc) is 2.48. The molecule has 1 atom stereocenters. The van der Waals surface area contributed by atoms with Crippen molar-refractivity contribution in [3.05, 3.63) is 18.2 Å². The zero-order valence-corrected chi connectivity index (χ0v) is 7.20. The first-order chi connectivity index (χ1) is 6.42. The molecule has 0 saturated carbocycles. The van der Waals surface area contributed by atoms with Crippen LogP contribution in [0.4, 0.5) is 13.2 Å². The summed E-state index contributed by atoms with van der Waals surface area (Å²) >= 11 is 0. The van der Waals surface area contributed by atoms with Gasteiger partial charge in [-0.05, 0) is 0 Å². The van der Waals surface area contributed by atoms with Gasteiger partial charge in [-0.3, -0.25) is 0 Å². The van der Waals surface area contributed by atoms with Gasteiger partial charge >= 0.3 is 6.18 Å². The van der Waals surface area contributed by atoms with Crippen molar-refractivity contribution in [3.63, 3.8) is 0 Å². The highest BCUT2D eigenvalue weighted by Gasteiger charge is 2.28. The molecule has 7 heteroatoms. The molecule has 0 amide bonds. The van der Waals surface area contributed by atoms with E-state index in [1.807, 2.05) is 0 Å². The Bertz CT molecular complexity index is 297. The largest absolute Gasteiger partial charge is 0.406 e. The summed E-state index contributed by atoms with van der Waals surface area (Å²) in [6.07, 6.45) is -3.15. The van der Waals surface area contributed by atoms with E-state index in [1.54, 1.807) is 0 Å². The number of nitrogens with two attached hydrogens (primary N) is 1. The molecule has 1 rings (SSSR count). The van der Waals surface area contributed by atoms with Gasteiger partial charge in [0.05, 0.1) is 12.0 Å². The third-order valence-electron chi connectivity index (χ3n) is 1.58. The van der Waals surface area contributed by atoms with Crippen molar-refractivity contribution >= 4 is 0 Å². The van der Waals surface area contributed by atoms with Crippen molar-refractivity contribution in [1.82, 2.24) is 9.55 Å². The van der Waals surface area contributed by atoms with Crippen LogP contribution in [0.2, 0.25) is 0 Å². The normalized spacial score (nSPS) is 14.4.